The van der Waals surface area contributed by atoms with Gasteiger partial charge >= 0.3 is 29.1 Å². The van der Waals surface area contributed by atoms with Crippen molar-refractivity contribution in [3.63, 3.8) is 0 Å². The van der Waals surface area contributed by atoms with E-state index in [1.165, 1.54) is 0 Å². The molecule has 1 fully saturated rings. The van der Waals surface area contributed by atoms with Crippen molar-refractivity contribution in [1.29, 1.82) is 0 Å². The van der Waals surface area contributed by atoms with Gasteiger partial charge in [-0.25, -0.2) is 13.2 Å². The zero-order chi connectivity index (χ0) is 21.9. The van der Waals surface area contributed by atoms with Crippen LogP contribution in [0.2, 0.25) is 0 Å². The molecule has 2 rings (SSSR count). The number of nitrogens with zero attached hydrogens (tertiary/aromatic N) is 2. The van der Waals surface area contributed by atoms with E-state index in [0.717, 1.165) is 6.92 Å². The van der Waals surface area contributed by atoms with Crippen molar-refractivity contribution in [2.75, 3.05) is 40.4 Å². The molecule has 0 aromatic heterocycles. The molecule has 0 bridgehead atoms. The molecule has 1 saturated heterocycles. The van der Waals surface area contributed by atoms with Crippen LogP contribution in [0.3, 0.4) is 0 Å². The first kappa shape index (κ1) is 27.6. The van der Waals surface area contributed by atoms with Gasteiger partial charge in [-0.1, -0.05) is 0 Å². The molecule has 1 unspecified atom stereocenters. The van der Waals surface area contributed by atoms with Crippen molar-refractivity contribution in [3.05, 3.63) is 28.8 Å². The Hall–Kier alpha value is -1.37. The maximum absolute atomic E-state index is 14.1. The SMILES string of the molecule is Cc1c(F)c(F)c(F)c(OC(N(C)C)N2CCOCC2)c1F.FP(F)(F)(F)F.[F-]. The van der Waals surface area contributed by atoms with Crippen LogP contribution in [-0.2, 0) is 4.74 Å². The number of halogens is 10. The van der Waals surface area contributed by atoms with Crippen molar-refractivity contribution in [1.82, 2.24) is 9.80 Å². The van der Waals surface area contributed by atoms with Gasteiger partial charge in [-0.3, -0.25) is 9.80 Å². The van der Waals surface area contributed by atoms with E-state index in [1.807, 2.05) is 0 Å². The summed E-state index contributed by atoms with van der Waals surface area (Å²) in [4.78, 5) is 3.37. The molecule has 1 aromatic carbocycles. The zero-order valence-corrected chi connectivity index (χ0v) is 16.2. The molecule has 0 radical (unpaired) electrons. The third-order valence-electron chi connectivity index (χ3n) is 3.47. The molecule has 0 saturated carbocycles. The summed E-state index contributed by atoms with van der Waals surface area (Å²) < 4.78 is 114. The van der Waals surface area contributed by atoms with Crippen LogP contribution >= 0.6 is 8.16 Å². The molecule has 15 heteroatoms. The quantitative estimate of drug-likeness (QED) is 0.223. The van der Waals surface area contributed by atoms with Crippen molar-refractivity contribution in [3.8, 4) is 5.75 Å². The van der Waals surface area contributed by atoms with Crippen LogP contribution < -0.4 is 9.44 Å². The number of hydrogen-bond donors (Lipinski definition) is 0. The first-order chi connectivity index (χ1) is 12.6. The fourth-order valence-corrected chi connectivity index (χ4v) is 2.24. The standard InChI is InChI=1S/C14H18F4N2O2.F5P.FH/c1-8-9(15)11(17)12(18)13(10(8)16)22-14(19(2)3)20-4-6-21-7-5-20;1-6(2,3,4)5;/h14H,4-7H2,1-3H3;;1H/p-1. The minimum atomic E-state index is -8.55. The van der Waals surface area contributed by atoms with E-state index >= 15 is 0 Å². The normalized spacial score (nSPS) is 17.5. The fourth-order valence-electron chi connectivity index (χ4n) is 2.24. The fraction of sp³-hybridized carbons (Fsp3) is 0.571. The number of hydrogen-bond acceptors (Lipinski definition) is 4. The molecule has 0 amide bonds. The van der Waals surface area contributed by atoms with Crippen molar-refractivity contribution in [2.45, 2.75) is 13.3 Å². The molecule has 0 aliphatic carbocycles. The van der Waals surface area contributed by atoms with E-state index in [-0.39, 0.29) is 4.70 Å². The second kappa shape index (κ2) is 10.1. The van der Waals surface area contributed by atoms with E-state index in [2.05, 4.69) is 0 Å². The largest absolute Gasteiger partial charge is 1.00 e. The molecule has 1 heterocycles. The maximum atomic E-state index is 14.1. The van der Waals surface area contributed by atoms with Gasteiger partial charge in [0.2, 0.25) is 12.2 Å². The summed E-state index contributed by atoms with van der Waals surface area (Å²) in [6, 6.07) is 0. The van der Waals surface area contributed by atoms with Crippen molar-refractivity contribution >= 4 is 8.16 Å². The Morgan fingerprint density at radius 1 is 0.897 bits per heavy atom. The maximum Gasteiger partial charge on any atom is -1.00 e. The summed E-state index contributed by atoms with van der Waals surface area (Å²) in [6.45, 7) is 2.92. The van der Waals surface area contributed by atoms with Gasteiger partial charge in [-0.05, 0) is 21.0 Å². The summed E-state index contributed by atoms with van der Waals surface area (Å²) in [7, 11) is -5.24. The predicted octanol–water partition coefficient (Wildman–Crippen LogP) is 2.07. The average molecular weight is 467 g/mol. The first-order valence-corrected chi connectivity index (χ1v) is 9.35. The summed E-state index contributed by atoms with van der Waals surface area (Å²) in [5.74, 6) is -7.11. The van der Waals surface area contributed by atoms with E-state index in [1.54, 1.807) is 23.9 Å². The predicted molar refractivity (Wildman–Crippen MR) is 84.0 cm³/mol. The van der Waals surface area contributed by atoms with E-state index in [0.29, 0.717) is 26.3 Å². The van der Waals surface area contributed by atoms with Gasteiger partial charge in [0.15, 0.2) is 23.2 Å². The molecule has 0 N–H and O–H groups in total. The summed E-state index contributed by atoms with van der Waals surface area (Å²) in [5, 5.41) is 0. The van der Waals surface area contributed by atoms with Gasteiger partial charge in [0.25, 0.3) is 0 Å². The topological polar surface area (TPSA) is 24.9 Å². The minimum absolute atomic E-state index is 0. The Bertz CT molecular complexity index is 647. The Labute approximate surface area is 160 Å². The van der Waals surface area contributed by atoms with Crippen LogP contribution in [0.1, 0.15) is 5.56 Å². The number of ether oxygens (including phenoxy) is 2. The van der Waals surface area contributed by atoms with Gasteiger partial charge < -0.3 is 14.2 Å². The van der Waals surface area contributed by atoms with Crippen LogP contribution in [0.25, 0.3) is 0 Å². The van der Waals surface area contributed by atoms with Gasteiger partial charge in [0.05, 0.1) is 13.2 Å². The van der Waals surface area contributed by atoms with Crippen molar-refractivity contribution in [2.24, 2.45) is 0 Å². The Balaban J connectivity index is 0.000000981. The van der Waals surface area contributed by atoms with E-state index in [9.17, 15) is 38.5 Å². The third-order valence-corrected chi connectivity index (χ3v) is 3.47. The second-order valence-electron chi connectivity index (χ2n) is 5.91. The monoisotopic (exact) mass is 467 g/mol. The smallest absolute Gasteiger partial charge is 1.00 e. The van der Waals surface area contributed by atoms with Crippen molar-refractivity contribution < 1.29 is 52.7 Å². The molecule has 0 spiro atoms. The number of benzene rings is 1. The Morgan fingerprint density at radius 2 is 1.34 bits per heavy atom. The van der Waals surface area contributed by atoms with Crippen LogP contribution in [-0.4, -0.2) is 56.6 Å². The van der Waals surface area contributed by atoms with Crippen LogP contribution in [0.15, 0.2) is 0 Å². The number of morpholine rings is 1. The summed E-state index contributed by atoms with van der Waals surface area (Å²) in [6.07, 6.45) is -0.822. The Kier molecular flexibility index (Phi) is 9.62. The van der Waals surface area contributed by atoms with Gasteiger partial charge in [-0.15, -0.1) is 0 Å². The molecule has 172 valence electrons. The van der Waals surface area contributed by atoms with Crippen LogP contribution in [0.4, 0.5) is 38.5 Å². The van der Waals surface area contributed by atoms with Gasteiger partial charge in [0.1, 0.15) is 0 Å². The van der Waals surface area contributed by atoms with E-state index in [4.69, 9.17) is 9.47 Å². The molecule has 1 atom stereocenters. The molecule has 29 heavy (non-hydrogen) atoms. The molecular weight excluding hydrogens is 449 g/mol. The van der Waals surface area contributed by atoms with Gasteiger partial charge in [-0.2, -0.15) is 4.39 Å². The molecular formula is C14H18F10N2O2P-. The molecule has 4 nitrogen and oxygen atoms in total. The van der Waals surface area contributed by atoms with Crippen LogP contribution in [0.5, 0.6) is 5.75 Å². The minimum Gasteiger partial charge on any atom is -1.00 e. The van der Waals surface area contributed by atoms with E-state index < -0.39 is 49.1 Å². The summed E-state index contributed by atoms with van der Waals surface area (Å²) >= 11 is 0. The Morgan fingerprint density at radius 3 is 1.76 bits per heavy atom. The molecule has 1 aliphatic rings. The zero-order valence-electron chi connectivity index (χ0n) is 15.3. The first-order valence-electron chi connectivity index (χ1n) is 7.66. The summed E-state index contributed by atoms with van der Waals surface area (Å²) in [5.41, 5.74) is -0.617. The second-order valence-corrected chi connectivity index (χ2v) is 7.18. The average Bonchev–Trinajstić information content (AvgIpc) is 2.56. The van der Waals surface area contributed by atoms with Gasteiger partial charge in [0, 0.05) is 18.7 Å². The molecule has 1 aromatic rings. The third kappa shape index (κ3) is 8.89. The number of rotatable bonds is 4. The van der Waals surface area contributed by atoms with Crippen LogP contribution in [0, 0.1) is 30.2 Å². The molecule has 1 aliphatic heterocycles.